The maximum atomic E-state index is 5.82. The number of anilines is 1. The minimum absolute atomic E-state index is 0.479. The van der Waals surface area contributed by atoms with Crippen LogP contribution in [0.25, 0.3) is 11.0 Å². The van der Waals surface area contributed by atoms with Crippen molar-refractivity contribution < 1.29 is 4.74 Å². The van der Waals surface area contributed by atoms with E-state index in [1.807, 2.05) is 36.4 Å². The van der Waals surface area contributed by atoms with E-state index in [2.05, 4.69) is 47.3 Å². The molecule has 0 spiro atoms. The number of ether oxygens (including phenoxy) is 1. The Bertz CT molecular complexity index is 851. The Kier molecular flexibility index (Phi) is 4.79. The average Bonchev–Trinajstić information content (AvgIpc) is 2.95. The molecule has 0 saturated carbocycles. The molecule has 0 aliphatic rings. The molecule has 1 aromatic heterocycles. The quantitative estimate of drug-likeness (QED) is 0.524. The monoisotopic (exact) mass is 322 g/mol. The normalized spacial score (nSPS) is 11.5. The minimum atomic E-state index is 0.479. The van der Waals surface area contributed by atoms with Crippen molar-refractivity contribution in [1.29, 1.82) is 0 Å². The highest BCUT2D eigenvalue weighted by Gasteiger charge is 2.03. The molecule has 1 heterocycles. The van der Waals surface area contributed by atoms with Crippen molar-refractivity contribution in [2.24, 2.45) is 11.0 Å². The molecule has 0 saturated heterocycles. The summed E-state index contributed by atoms with van der Waals surface area (Å²) in [7, 11) is 0. The lowest BCUT2D eigenvalue weighted by atomic mass is 10.2. The fourth-order valence-corrected chi connectivity index (χ4v) is 2.31. The number of H-pyrrole nitrogens is 1. The number of para-hydroxylation sites is 1. The number of aromatic amines is 1. The third kappa shape index (κ3) is 3.93. The summed E-state index contributed by atoms with van der Waals surface area (Å²) in [5, 5.41) is 4.27. The second-order valence-electron chi connectivity index (χ2n) is 6.22. The number of imidazole rings is 1. The van der Waals surface area contributed by atoms with Crippen molar-refractivity contribution in [3.63, 3.8) is 0 Å². The summed E-state index contributed by atoms with van der Waals surface area (Å²) < 4.78 is 5.82. The fourth-order valence-electron chi connectivity index (χ4n) is 2.31. The number of fused-ring (bicyclic) bond motifs is 1. The smallest absolute Gasteiger partial charge is 0.222 e. The van der Waals surface area contributed by atoms with Gasteiger partial charge in [-0.2, -0.15) is 5.10 Å². The predicted octanol–water partition coefficient (Wildman–Crippen LogP) is 4.35. The molecule has 0 aliphatic heterocycles. The van der Waals surface area contributed by atoms with Gasteiger partial charge in [-0.25, -0.2) is 10.4 Å². The Labute approximate surface area is 141 Å². The van der Waals surface area contributed by atoms with Gasteiger partial charge in [0.25, 0.3) is 0 Å². The standard InChI is InChI=1S/C19H22N4O/c1-13(2)12-24-18-7-5-4-6-15(18)11-20-23-19-21-16-9-8-14(3)10-17(16)22-19/h4-11,13H,12H2,1-3H3,(H2,21,22,23)/b20-11-. The fraction of sp³-hybridized carbons (Fsp3) is 0.263. The largest absolute Gasteiger partial charge is 0.493 e. The molecule has 124 valence electrons. The zero-order valence-corrected chi connectivity index (χ0v) is 14.2. The first-order valence-corrected chi connectivity index (χ1v) is 8.09. The maximum Gasteiger partial charge on any atom is 0.222 e. The second kappa shape index (κ2) is 7.17. The van der Waals surface area contributed by atoms with Crippen LogP contribution >= 0.6 is 0 Å². The van der Waals surface area contributed by atoms with E-state index in [0.29, 0.717) is 18.5 Å². The van der Waals surface area contributed by atoms with Crippen LogP contribution in [0, 0.1) is 12.8 Å². The van der Waals surface area contributed by atoms with Gasteiger partial charge in [-0.15, -0.1) is 0 Å². The molecule has 0 amide bonds. The van der Waals surface area contributed by atoms with E-state index in [1.54, 1.807) is 6.21 Å². The molecule has 0 fully saturated rings. The topological polar surface area (TPSA) is 62.3 Å². The number of hydrogen-bond donors (Lipinski definition) is 2. The van der Waals surface area contributed by atoms with E-state index in [9.17, 15) is 0 Å². The lowest BCUT2D eigenvalue weighted by molar-refractivity contribution is 0.271. The zero-order chi connectivity index (χ0) is 16.9. The molecule has 5 nitrogen and oxygen atoms in total. The van der Waals surface area contributed by atoms with E-state index in [0.717, 1.165) is 22.3 Å². The van der Waals surface area contributed by atoms with Crippen LogP contribution in [0.3, 0.4) is 0 Å². The van der Waals surface area contributed by atoms with Crippen LogP contribution < -0.4 is 10.2 Å². The second-order valence-corrected chi connectivity index (χ2v) is 6.22. The predicted molar refractivity (Wildman–Crippen MR) is 98.8 cm³/mol. The lowest BCUT2D eigenvalue weighted by Crippen LogP contribution is -2.06. The van der Waals surface area contributed by atoms with E-state index in [1.165, 1.54) is 5.56 Å². The minimum Gasteiger partial charge on any atom is -0.493 e. The van der Waals surface area contributed by atoms with E-state index in [4.69, 9.17) is 4.74 Å². The summed E-state index contributed by atoms with van der Waals surface area (Å²) in [4.78, 5) is 7.67. The van der Waals surface area contributed by atoms with Gasteiger partial charge in [-0.1, -0.05) is 32.0 Å². The molecule has 24 heavy (non-hydrogen) atoms. The highest BCUT2D eigenvalue weighted by atomic mass is 16.5. The molecule has 0 radical (unpaired) electrons. The lowest BCUT2D eigenvalue weighted by Gasteiger charge is -2.10. The Morgan fingerprint density at radius 3 is 2.92 bits per heavy atom. The Hall–Kier alpha value is -2.82. The van der Waals surface area contributed by atoms with Crippen LogP contribution in [0.5, 0.6) is 5.75 Å². The SMILES string of the molecule is Cc1ccc2nc(N/N=C\c3ccccc3OCC(C)C)[nH]c2c1. The van der Waals surface area contributed by atoms with Crippen molar-refractivity contribution in [1.82, 2.24) is 9.97 Å². The van der Waals surface area contributed by atoms with Gasteiger partial charge in [0, 0.05) is 5.56 Å². The molecular formula is C19H22N4O. The summed E-state index contributed by atoms with van der Waals surface area (Å²) in [6.07, 6.45) is 1.74. The summed E-state index contributed by atoms with van der Waals surface area (Å²) in [6, 6.07) is 13.9. The van der Waals surface area contributed by atoms with Gasteiger partial charge in [0.05, 0.1) is 23.9 Å². The molecule has 2 aromatic carbocycles. The van der Waals surface area contributed by atoms with Gasteiger partial charge in [0.15, 0.2) is 0 Å². The third-order valence-electron chi connectivity index (χ3n) is 3.50. The average molecular weight is 322 g/mol. The molecule has 0 bridgehead atoms. The number of benzene rings is 2. The van der Waals surface area contributed by atoms with Crippen LogP contribution in [-0.2, 0) is 0 Å². The number of aromatic nitrogens is 2. The molecule has 0 unspecified atom stereocenters. The number of aryl methyl sites for hydroxylation is 1. The molecule has 3 aromatic rings. The van der Waals surface area contributed by atoms with Gasteiger partial charge in [0.2, 0.25) is 5.95 Å². The van der Waals surface area contributed by atoms with Crippen LogP contribution in [0.1, 0.15) is 25.0 Å². The number of hydrazone groups is 1. The Morgan fingerprint density at radius 2 is 2.08 bits per heavy atom. The first kappa shape index (κ1) is 16.1. The zero-order valence-electron chi connectivity index (χ0n) is 14.2. The summed E-state index contributed by atoms with van der Waals surface area (Å²) in [5.74, 6) is 1.93. The van der Waals surface area contributed by atoms with Crippen LogP contribution in [0.15, 0.2) is 47.6 Å². The third-order valence-corrected chi connectivity index (χ3v) is 3.50. The van der Waals surface area contributed by atoms with Crippen molar-refractivity contribution in [2.75, 3.05) is 12.0 Å². The van der Waals surface area contributed by atoms with Crippen LogP contribution in [-0.4, -0.2) is 22.8 Å². The molecule has 2 N–H and O–H groups in total. The molecule has 0 atom stereocenters. The van der Waals surface area contributed by atoms with Gasteiger partial charge in [-0.05, 0) is 42.7 Å². The highest BCUT2D eigenvalue weighted by Crippen LogP contribution is 2.18. The Morgan fingerprint density at radius 1 is 1.25 bits per heavy atom. The molecule has 5 heteroatoms. The number of rotatable bonds is 6. The van der Waals surface area contributed by atoms with E-state index in [-0.39, 0.29) is 0 Å². The van der Waals surface area contributed by atoms with E-state index < -0.39 is 0 Å². The van der Waals surface area contributed by atoms with Crippen molar-refractivity contribution in [2.45, 2.75) is 20.8 Å². The molecule has 3 rings (SSSR count). The number of hydrogen-bond acceptors (Lipinski definition) is 4. The van der Waals surface area contributed by atoms with Gasteiger partial charge >= 0.3 is 0 Å². The number of nitrogens with zero attached hydrogens (tertiary/aromatic N) is 2. The Balaban J connectivity index is 1.71. The van der Waals surface area contributed by atoms with Crippen molar-refractivity contribution >= 4 is 23.2 Å². The first-order valence-electron chi connectivity index (χ1n) is 8.09. The first-order chi connectivity index (χ1) is 11.6. The summed E-state index contributed by atoms with van der Waals surface area (Å²) >= 11 is 0. The summed E-state index contributed by atoms with van der Waals surface area (Å²) in [6.45, 7) is 6.99. The van der Waals surface area contributed by atoms with Crippen molar-refractivity contribution in [3.8, 4) is 5.75 Å². The highest BCUT2D eigenvalue weighted by molar-refractivity contribution is 5.84. The van der Waals surface area contributed by atoms with E-state index >= 15 is 0 Å². The van der Waals surface area contributed by atoms with Crippen LogP contribution in [0.4, 0.5) is 5.95 Å². The molecule has 0 aliphatic carbocycles. The molecular weight excluding hydrogens is 300 g/mol. The van der Waals surface area contributed by atoms with Crippen LogP contribution in [0.2, 0.25) is 0 Å². The maximum absolute atomic E-state index is 5.82. The van der Waals surface area contributed by atoms with Gasteiger partial charge in [0.1, 0.15) is 5.75 Å². The number of nitrogens with one attached hydrogen (secondary N) is 2. The summed E-state index contributed by atoms with van der Waals surface area (Å²) in [5.41, 5.74) is 6.97. The van der Waals surface area contributed by atoms with Gasteiger partial charge < -0.3 is 9.72 Å². The van der Waals surface area contributed by atoms with Gasteiger partial charge in [-0.3, -0.25) is 0 Å². The van der Waals surface area contributed by atoms with Crippen molar-refractivity contribution in [3.05, 3.63) is 53.6 Å².